The van der Waals surface area contributed by atoms with Gasteiger partial charge in [-0.05, 0) is 27.7 Å². The molecule has 2 rings (SSSR count). The molecule has 2 heterocycles. The Morgan fingerprint density at radius 3 is 2.68 bits per heavy atom. The maximum absolute atomic E-state index is 12.5. The van der Waals surface area contributed by atoms with E-state index in [2.05, 4.69) is 4.98 Å². The Morgan fingerprint density at radius 1 is 1.44 bits per heavy atom. The fraction of sp³-hybridized carbons (Fsp3) is 0.647. The lowest BCUT2D eigenvalue weighted by molar-refractivity contribution is -0.00560. The highest BCUT2D eigenvalue weighted by molar-refractivity contribution is 5.70. The van der Waals surface area contributed by atoms with Crippen LogP contribution in [-0.2, 0) is 4.74 Å². The highest BCUT2D eigenvalue weighted by atomic mass is 16.6. The van der Waals surface area contributed by atoms with Crippen LogP contribution < -0.4 is 15.4 Å². The van der Waals surface area contributed by atoms with E-state index in [1.54, 1.807) is 31.2 Å². The van der Waals surface area contributed by atoms with Crippen LogP contribution in [0.1, 0.15) is 27.7 Å². The van der Waals surface area contributed by atoms with Crippen LogP contribution >= 0.6 is 0 Å². The van der Waals surface area contributed by atoms with Crippen LogP contribution in [-0.4, -0.2) is 65.6 Å². The molecule has 0 spiro atoms. The molecule has 1 fully saturated rings. The van der Waals surface area contributed by atoms with Crippen molar-refractivity contribution in [2.24, 2.45) is 0 Å². The molecule has 1 aromatic heterocycles. The van der Waals surface area contributed by atoms with E-state index < -0.39 is 23.8 Å². The Balaban J connectivity index is 2.20. The number of aliphatic hydroxyl groups is 1. The lowest BCUT2D eigenvalue weighted by Crippen LogP contribution is -2.59. The number of hydrogen-bond donors (Lipinski definition) is 2. The molecule has 0 bridgehead atoms. The van der Waals surface area contributed by atoms with E-state index in [1.165, 1.54) is 0 Å². The fourth-order valence-electron chi connectivity index (χ4n) is 2.83. The Bertz CT molecular complexity index is 615. The van der Waals surface area contributed by atoms with Gasteiger partial charge in [0.2, 0.25) is 0 Å². The van der Waals surface area contributed by atoms with E-state index in [0.717, 1.165) is 5.69 Å². The van der Waals surface area contributed by atoms with Crippen LogP contribution in [0.25, 0.3) is 0 Å². The van der Waals surface area contributed by atoms with Crippen molar-refractivity contribution in [2.45, 2.75) is 45.4 Å². The number of pyridine rings is 1. The number of carbonyl (C=O) groups is 1. The molecule has 1 aliphatic heterocycles. The number of aliphatic hydroxyl groups excluding tert-OH is 1. The highest BCUT2D eigenvalue weighted by Crippen LogP contribution is 2.31. The van der Waals surface area contributed by atoms with Gasteiger partial charge in [-0.25, -0.2) is 9.78 Å². The lowest BCUT2D eigenvalue weighted by Gasteiger charge is -2.43. The molecule has 0 radical (unpaired) electrons. The number of nitrogens with two attached hydrogens (primary N) is 1. The molecular weight excluding hydrogens is 324 g/mol. The smallest absolute Gasteiger partial charge is 0.410 e. The minimum Gasteiger partial charge on any atom is -0.494 e. The SMILES string of the molecule is COc1cc(N)ncc1N1CCN(C(=O)OC(C)(C)C)[C@@H]([C@H](C)O)C1. The van der Waals surface area contributed by atoms with Crippen molar-refractivity contribution in [3.63, 3.8) is 0 Å². The van der Waals surface area contributed by atoms with Gasteiger partial charge in [0, 0.05) is 25.7 Å². The average Bonchev–Trinajstić information content (AvgIpc) is 2.52. The van der Waals surface area contributed by atoms with Gasteiger partial charge in [-0.3, -0.25) is 4.90 Å². The third-order valence-electron chi connectivity index (χ3n) is 4.03. The van der Waals surface area contributed by atoms with Gasteiger partial charge in [-0.15, -0.1) is 0 Å². The molecule has 1 saturated heterocycles. The lowest BCUT2D eigenvalue weighted by atomic mass is 10.1. The molecule has 25 heavy (non-hydrogen) atoms. The zero-order valence-electron chi connectivity index (χ0n) is 15.5. The summed E-state index contributed by atoms with van der Waals surface area (Å²) >= 11 is 0. The predicted octanol–water partition coefficient (Wildman–Crippen LogP) is 1.48. The van der Waals surface area contributed by atoms with Crippen LogP contribution in [0.3, 0.4) is 0 Å². The molecule has 0 aromatic carbocycles. The zero-order chi connectivity index (χ0) is 18.8. The van der Waals surface area contributed by atoms with Crippen LogP contribution in [0, 0.1) is 0 Å². The third-order valence-corrected chi connectivity index (χ3v) is 4.03. The van der Waals surface area contributed by atoms with E-state index >= 15 is 0 Å². The van der Waals surface area contributed by atoms with Gasteiger partial charge in [0.25, 0.3) is 0 Å². The summed E-state index contributed by atoms with van der Waals surface area (Å²) in [7, 11) is 1.57. The molecule has 2 atom stereocenters. The van der Waals surface area contributed by atoms with Gasteiger partial charge in [0.15, 0.2) is 0 Å². The standard InChI is InChI=1S/C17H28N4O4/c1-11(22)13-10-20(12-9-19-15(18)8-14(12)24-5)6-7-21(13)16(23)25-17(2,3)4/h8-9,11,13,22H,6-7,10H2,1-5H3,(H2,18,19)/t11-,13+/m0/s1. The second-order valence-electron chi connectivity index (χ2n) is 7.21. The maximum atomic E-state index is 12.5. The molecule has 0 aliphatic carbocycles. The first-order valence-corrected chi connectivity index (χ1v) is 8.34. The number of rotatable bonds is 3. The van der Waals surface area contributed by atoms with Gasteiger partial charge in [-0.2, -0.15) is 0 Å². The largest absolute Gasteiger partial charge is 0.494 e. The molecule has 1 aliphatic rings. The molecule has 8 nitrogen and oxygen atoms in total. The van der Waals surface area contributed by atoms with Gasteiger partial charge in [-0.1, -0.05) is 0 Å². The van der Waals surface area contributed by atoms with Crippen LogP contribution in [0.5, 0.6) is 5.75 Å². The van der Waals surface area contributed by atoms with Crippen molar-refractivity contribution in [3.05, 3.63) is 12.3 Å². The summed E-state index contributed by atoms with van der Waals surface area (Å²) in [5.41, 5.74) is 5.91. The van der Waals surface area contributed by atoms with E-state index in [1.807, 2.05) is 25.7 Å². The number of hydrogen-bond acceptors (Lipinski definition) is 7. The van der Waals surface area contributed by atoms with Crippen molar-refractivity contribution < 1.29 is 19.4 Å². The van der Waals surface area contributed by atoms with Crippen molar-refractivity contribution in [3.8, 4) is 5.75 Å². The summed E-state index contributed by atoms with van der Waals surface area (Å²) in [4.78, 5) is 20.2. The topological polar surface area (TPSA) is 101 Å². The summed E-state index contributed by atoms with van der Waals surface area (Å²) in [6.07, 6.45) is 0.527. The quantitative estimate of drug-likeness (QED) is 0.849. The fourth-order valence-corrected chi connectivity index (χ4v) is 2.83. The molecule has 8 heteroatoms. The van der Waals surface area contributed by atoms with E-state index in [0.29, 0.717) is 31.2 Å². The first-order valence-electron chi connectivity index (χ1n) is 8.34. The summed E-state index contributed by atoms with van der Waals surface area (Å²) in [5, 5.41) is 10.2. The summed E-state index contributed by atoms with van der Waals surface area (Å²) in [6.45, 7) is 8.58. The third kappa shape index (κ3) is 4.66. The number of carbonyl (C=O) groups excluding carboxylic acids is 1. The highest BCUT2D eigenvalue weighted by Gasteiger charge is 2.36. The monoisotopic (exact) mass is 352 g/mol. The van der Waals surface area contributed by atoms with Gasteiger partial charge < -0.3 is 25.2 Å². The number of anilines is 2. The van der Waals surface area contributed by atoms with Crippen molar-refractivity contribution >= 4 is 17.6 Å². The second-order valence-corrected chi connectivity index (χ2v) is 7.21. The van der Waals surface area contributed by atoms with Gasteiger partial charge >= 0.3 is 6.09 Å². The minimum absolute atomic E-state index is 0.375. The molecule has 140 valence electrons. The van der Waals surface area contributed by atoms with Crippen LogP contribution in [0.4, 0.5) is 16.3 Å². The Hall–Kier alpha value is -2.22. The summed E-state index contributed by atoms with van der Waals surface area (Å²) in [6, 6.07) is 1.26. The van der Waals surface area contributed by atoms with Crippen LogP contribution in [0.15, 0.2) is 12.3 Å². The molecule has 0 saturated carbocycles. The molecule has 0 unspecified atom stereocenters. The molecular formula is C17H28N4O4. The number of nitrogen functional groups attached to an aromatic ring is 1. The summed E-state index contributed by atoms with van der Waals surface area (Å²) in [5.74, 6) is 0.989. The Kier molecular flexibility index (Phi) is 5.62. The zero-order valence-corrected chi connectivity index (χ0v) is 15.5. The molecule has 3 N–H and O–H groups in total. The van der Waals surface area contributed by atoms with Crippen molar-refractivity contribution in [2.75, 3.05) is 37.4 Å². The number of piperazine rings is 1. The van der Waals surface area contributed by atoms with Crippen molar-refractivity contribution in [1.82, 2.24) is 9.88 Å². The van der Waals surface area contributed by atoms with E-state index in [9.17, 15) is 9.90 Å². The minimum atomic E-state index is -0.706. The number of ether oxygens (including phenoxy) is 2. The van der Waals surface area contributed by atoms with Crippen molar-refractivity contribution in [1.29, 1.82) is 0 Å². The number of aromatic nitrogens is 1. The van der Waals surface area contributed by atoms with Gasteiger partial charge in [0.1, 0.15) is 17.2 Å². The number of nitrogens with zero attached hydrogens (tertiary/aromatic N) is 3. The van der Waals surface area contributed by atoms with E-state index in [4.69, 9.17) is 15.2 Å². The number of methoxy groups -OCH3 is 1. The van der Waals surface area contributed by atoms with E-state index in [-0.39, 0.29) is 0 Å². The second kappa shape index (κ2) is 7.35. The molecule has 1 aromatic rings. The Labute approximate surface area is 148 Å². The normalized spacial score (nSPS) is 19.5. The average molecular weight is 352 g/mol. The van der Waals surface area contributed by atoms with Crippen LogP contribution in [0.2, 0.25) is 0 Å². The molecule has 1 amide bonds. The number of amides is 1. The summed E-state index contributed by atoms with van der Waals surface area (Å²) < 4.78 is 10.8. The first-order chi connectivity index (χ1) is 11.6. The Morgan fingerprint density at radius 2 is 2.12 bits per heavy atom. The van der Waals surface area contributed by atoms with Gasteiger partial charge in [0.05, 0.1) is 31.1 Å². The maximum Gasteiger partial charge on any atom is 0.410 e. The predicted molar refractivity (Wildman–Crippen MR) is 95.8 cm³/mol. The first kappa shape index (κ1) is 19.1.